The molecule has 0 bridgehead atoms. The first-order valence-electron chi connectivity index (χ1n) is 10.3. The first-order chi connectivity index (χ1) is 15.1. The fourth-order valence-electron chi connectivity index (χ4n) is 3.08. The van der Waals surface area contributed by atoms with Crippen LogP contribution in [0.1, 0.15) is 35.7 Å². The molecule has 0 aliphatic rings. The van der Waals surface area contributed by atoms with Crippen molar-refractivity contribution in [2.75, 3.05) is 18.5 Å². The molecule has 0 fully saturated rings. The molecule has 0 aromatic heterocycles. The van der Waals surface area contributed by atoms with E-state index >= 15 is 0 Å². The van der Waals surface area contributed by atoms with Crippen molar-refractivity contribution in [3.63, 3.8) is 0 Å². The predicted octanol–water partition coefficient (Wildman–Crippen LogP) is 4.52. The molecular weight excluding hydrogens is 394 g/mol. The van der Waals surface area contributed by atoms with Crippen molar-refractivity contribution >= 4 is 34.3 Å². The molecule has 0 heterocycles. The molecule has 0 saturated carbocycles. The number of unbranched alkanes of at least 4 members (excludes halogenated alkanes) is 1. The Labute approximate surface area is 181 Å². The van der Waals surface area contributed by atoms with Crippen LogP contribution in [0.4, 0.5) is 5.69 Å². The Kier molecular flexibility index (Phi) is 7.76. The van der Waals surface area contributed by atoms with Crippen LogP contribution in [-0.4, -0.2) is 31.1 Å². The van der Waals surface area contributed by atoms with Gasteiger partial charge in [-0.05, 0) is 47.0 Å². The number of benzene rings is 3. The Hall–Kier alpha value is -3.67. The Bertz CT molecular complexity index is 1050. The van der Waals surface area contributed by atoms with Gasteiger partial charge in [0, 0.05) is 5.69 Å². The van der Waals surface area contributed by atoms with Gasteiger partial charge in [-0.3, -0.25) is 9.59 Å². The zero-order valence-electron chi connectivity index (χ0n) is 17.4. The lowest BCUT2D eigenvalue weighted by Crippen LogP contribution is -2.21. The lowest BCUT2D eigenvalue weighted by Gasteiger charge is -2.09. The number of rotatable bonds is 9. The molecule has 6 heteroatoms. The normalized spacial score (nSPS) is 10.5. The molecule has 0 atom stereocenters. The Balaban J connectivity index is 1.47. The van der Waals surface area contributed by atoms with Gasteiger partial charge in [0.2, 0.25) is 0 Å². The standard InChI is InChI=1S/C25H25NO5/c1-2-3-15-30-25(29)19-11-13-21(14-12-19)26-23(27)17-31-24(28)16-20-9-6-8-18-7-4-5-10-22(18)20/h4-14H,2-3,15-17H2,1H3,(H,26,27). The minimum Gasteiger partial charge on any atom is -0.462 e. The van der Waals surface area contributed by atoms with E-state index in [1.165, 1.54) is 0 Å². The molecule has 0 spiro atoms. The summed E-state index contributed by atoms with van der Waals surface area (Å²) in [5.74, 6) is -1.32. The second kappa shape index (κ2) is 10.9. The van der Waals surface area contributed by atoms with E-state index in [-0.39, 0.29) is 13.0 Å². The highest BCUT2D eigenvalue weighted by atomic mass is 16.5. The average Bonchev–Trinajstić information content (AvgIpc) is 2.78. The van der Waals surface area contributed by atoms with Gasteiger partial charge in [0.15, 0.2) is 6.61 Å². The molecule has 0 saturated heterocycles. The number of amides is 1. The average molecular weight is 419 g/mol. The maximum atomic E-state index is 12.2. The molecule has 0 aliphatic carbocycles. The van der Waals surface area contributed by atoms with E-state index in [2.05, 4.69) is 5.32 Å². The number of hydrogen-bond acceptors (Lipinski definition) is 5. The molecule has 160 valence electrons. The minimum absolute atomic E-state index is 0.0868. The lowest BCUT2D eigenvalue weighted by atomic mass is 10.0. The molecule has 3 aromatic carbocycles. The summed E-state index contributed by atoms with van der Waals surface area (Å²) in [4.78, 5) is 36.2. The summed E-state index contributed by atoms with van der Waals surface area (Å²) in [5, 5.41) is 4.67. The van der Waals surface area contributed by atoms with Crippen molar-refractivity contribution < 1.29 is 23.9 Å². The van der Waals surface area contributed by atoms with Gasteiger partial charge in [0.25, 0.3) is 5.91 Å². The molecule has 0 radical (unpaired) electrons. The molecule has 31 heavy (non-hydrogen) atoms. The van der Waals surface area contributed by atoms with Crippen LogP contribution in [0, 0.1) is 0 Å². The lowest BCUT2D eigenvalue weighted by molar-refractivity contribution is -0.146. The minimum atomic E-state index is -0.475. The summed E-state index contributed by atoms with van der Waals surface area (Å²) in [5.41, 5.74) is 1.76. The molecular formula is C25H25NO5. The van der Waals surface area contributed by atoms with Gasteiger partial charge in [-0.2, -0.15) is 0 Å². The molecule has 1 amide bonds. The van der Waals surface area contributed by atoms with E-state index in [1.807, 2.05) is 49.4 Å². The number of nitrogens with one attached hydrogen (secondary N) is 1. The number of anilines is 1. The summed E-state index contributed by atoms with van der Waals surface area (Å²) in [6.07, 6.45) is 1.85. The SMILES string of the molecule is CCCCOC(=O)c1ccc(NC(=O)COC(=O)Cc2cccc3ccccc23)cc1. The Morgan fingerprint density at radius 1 is 0.871 bits per heavy atom. The van der Waals surface area contributed by atoms with Crippen LogP contribution in [-0.2, 0) is 25.5 Å². The van der Waals surface area contributed by atoms with Gasteiger partial charge < -0.3 is 14.8 Å². The van der Waals surface area contributed by atoms with Crippen LogP contribution in [0.5, 0.6) is 0 Å². The number of carbonyl (C=O) groups excluding carboxylic acids is 3. The van der Waals surface area contributed by atoms with Crippen molar-refractivity contribution in [2.45, 2.75) is 26.2 Å². The smallest absolute Gasteiger partial charge is 0.338 e. The fraction of sp³-hybridized carbons (Fsp3) is 0.240. The van der Waals surface area contributed by atoms with Gasteiger partial charge in [-0.1, -0.05) is 55.8 Å². The highest BCUT2D eigenvalue weighted by Crippen LogP contribution is 2.19. The van der Waals surface area contributed by atoms with Crippen molar-refractivity contribution in [3.05, 3.63) is 77.9 Å². The summed E-state index contributed by atoms with van der Waals surface area (Å²) in [6, 6.07) is 19.9. The molecule has 1 N–H and O–H groups in total. The molecule has 0 unspecified atom stereocenters. The second-order valence-electron chi connectivity index (χ2n) is 7.09. The van der Waals surface area contributed by atoms with Crippen LogP contribution in [0.2, 0.25) is 0 Å². The third-order valence-electron chi connectivity index (χ3n) is 4.71. The monoisotopic (exact) mass is 419 g/mol. The summed E-state index contributed by atoms with van der Waals surface area (Å²) in [6.45, 7) is 2.02. The van der Waals surface area contributed by atoms with E-state index in [0.717, 1.165) is 29.2 Å². The van der Waals surface area contributed by atoms with Crippen LogP contribution < -0.4 is 5.32 Å². The van der Waals surface area contributed by atoms with Crippen LogP contribution in [0.25, 0.3) is 10.8 Å². The van der Waals surface area contributed by atoms with Crippen LogP contribution in [0.3, 0.4) is 0 Å². The first kappa shape index (κ1) is 22.0. The molecule has 3 aromatic rings. The van der Waals surface area contributed by atoms with Gasteiger partial charge in [-0.15, -0.1) is 0 Å². The maximum Gasteiger partial charge on any atom is 0.338 e. The number of fused-ring (bicyclic) bond motifs is 1. The molecule has 6 nitrogen and oxygen atoms in total. The number of esters is 2. The van der Waals surface area contributed by atoms with E-state index in [9.17, 15) is 14.4 Å². The third kappa shape index (κ3) is 6.40. The van der Waals surface area contributed by atoms with Gasteiger partial charge >= 0.3 is 11.9 Å². The highest BCUT2D eigenvalue weighted by molar-refractivity contribution is 5.95. The quantitative estimate of drug-likeness (QED) is 0.407. The fourth-order valence-corrected chi connectivity index (χ4v) is 3.08. The zero-order chi connectivity index (χ0) is 22.1. The van der Waals surface area contributed by atoms with Crippen molar-refractivity contribution in [1.29, 1.82) is 0 Å². The highest BCUT2D eigenvalue weighted by Gasteiger charge is 2.12. The first-order valence-corrected chi connectivity index (χ1v) is 10.3. The van der Waals surface area contributed by atoms with E-state index in [1.54, 1.807) is 24.3 Å². The topological polar surface area (TPSA) is 81.7 Å². The van der Waals surface area contributed by atoms with Gasteiger partial charge in [0.1, 0.15) is 0 Å². The second-order valence-corrected chi connectivity index (χ2v) is 7.09. The summed E-state index contributed by atoms with van der Waals surface area (Å²) >= 11 is 0. The maximum absolute atomic E-state index is 12.2. The van der Waals surface area contributed by atoms with Gasteiger partial charge in [0.05, 0.1) is 18.6 Å². The zero-order valence-corrected chi connectivity index (χ0v) is 17.4. The van der Waals surface area contributed by atoms with Crippen molar-refractivity contribution in [3.8, 4) is 0 Å². The van der Waals surface area contributed by atoms with E-state index in [4.69, 9.17) is 9.47 Å². The summed E-state index contributed by atoms with van der Waals surface area (Å²) in [7, 11) is 0. The van der Waals surface area contributed by atoms with E-state index in [0.29, 0.717) is 17.9 Å². The van der Waals surface area contributed by atoms with Crippen LogP contribution >= 0.6 is 0 Å². The number of hydrogen-bond donors (Lipinski definition) is 1. The largest absolute Gasteiger partial charge is 0.462 e. The Morgan fingerprint density at radius 3 is 2.39 bits per heavy atom. The van der Waals surface area contributed by atoms with E-state index < -0.39 is 17.8 Å². The Morgan fingerprint density at radius 2 is 1.61 bits per heavy atom. The molecule has 3 rings (SSSR count). The third-order valence-corrected chi connectivity index (χ3v) is 4.71. The van der Waals surface area contributed by atoms with Crippen molar-refractivity contribution in [1.82, 2.24) is 0 Å². The number of ether oxygens (including phenoxy) is 2. The number of carbonyl (C=O) groups is 3. The van der Waals surface area contributed by atoms with Crippen LogP contribution in [0.15, 0.2) is 66.7 Å². The van der Waals surface area contributed by atoms with Crippen molar-refractivity contribution in [2.24, 2.45) is 0 Å². The van der Waals surface area contributed by atoms with Gasteiger partial charge in [-0.25, -0.2) is 4.79 Å². The predicted molar refractivity (Wildman–Crippen MR) is 119 cm³/mol. The molecule has 0 aliphatic heterocycles. The summed E-state index contributed by atoms with van der Waals surface area (Å²) < 4.78 is 10.3.